The minimum absolute atomic E-state index is 0.00562. The first-order valence-corrected chi connectivity index (χ1v) is 5.27. The highest BCUT2D eigenvalue weighted by Gasteiger charge is 2.08. The van der Waals surface area contributed by atoms with Crippen molar-refractivity contribution < 1.29 is 19.1 Å². The molecule has 0 aliphatic rings. The van der Waals surface area contributed by atoms with Gasteiger partial charge in [0.25, 0.3) is 0 Å². The third kappa shape index (κ3) is 5.67. The van der Waals surface area contributed by atoms with Crippen LogP contribution in [-0.4, -0.2) is 18.7 Å². The van der Waals surface area contributed by atoms with Gasteiger partial charge in [-0.1, -0.05) is 30.3 Å². The summed E-state index contributed by atoms with van der Waals surface area (Å²) in [5, 5.41) is 0. The molecule has 92 valence electrons. The Bertz CT molecular complexity index is 364. The number of esters is 2. The van der Waals surface area contributed by atoms with Crippen molar-refractivity contribution in [3.8, 4) is 0 Å². The highest BCUT2D eigenvalue weighted by Crippen LogP contribution is 2.03. The predicted octanol–water partition coefficient (Wildman–Crippen LogP) is 0.969. The second kappa shape index (κ2) is 7.40. The third-order valence-corrected chi connectivity index (χ3v) is 2.02. The van der Waals surface area contributed by atoms with Crippen LogP contribution < -0.4 is 5.73 Å². The quantitative estimate of drug-likeness (QED) is 0.589. The third-order valence-electron chi connectivity index (χ3n) is 2.02. The molecule has 0 heterocycles. The van der Waals surface area contributed by atoms with E-state index in [4.69, 9.17) is 10.5 Å². The smallest absolute Gasteiger partial charge is 0.307 e. The van der Waals surface area contributed by atoms with Crippen LogP contribution >= 0.6 is 0 Å². The van der Waals surface area contributed by atoms with E-state index in [1.54, 1.807) is 0 Å². The molecule has 17 heavy (non-hydrogen) atoms. The second-order valence-corrected chi connectivity index (χ2v) is 3.33. The van der Waals surface area contributed by atoms with Crippen LogP contribution in [0.5, 0.6) is 0 Å². The van der Waals surface area contributed by atoms with Gasteiger partial charge in [-0.3, -0.25) is 15.3 Å². The lowest BCUT2D eigenvalue weighted by Crippen LogP contribution is -2.14. The Balaban J connectivity index is 2.20. The van der Waals surface area contributed by atoms with Crippen molar-refractivity contribution >= 4 is 11.9 Å². The number of rotatable bonds is 6. The molecule has 0 aliphatic heterocycles. The van der Waals surface area contributed by atoms with Crippen molar-refractivity contribution in [1.29, 1.82) is 0 Å². The molecule has 0 fully saturated rings. The van der Waals surface area contributed by atoms with Crippen molar-refractivity contribution in [1.82, 2.24) is 0 Å². The molecule has 0 atom stereocenters. The van der Waals surface area contributed by atoms with E-state index in [1.165, 1.54) is 0 Å². The van der Waals surface area contributed by atoms with E-state index in [0.717, 1.165) is 5.56 Å². The minimum Gasteiger partial charge on any atom is -0.461 e. The Hall–Kier alpha value is -1.88. The van der Waals surface area contributed by atoms with Gasteiger partial charge in [0.2, 0.25) is 0 Å². The van der Waals surface area contributed by atoms with Crippen molar-refractivity contribution in [2.75, 3.05) is 6.73 Å². The van der Waals surface area contributed by atoms with Crippen molar-refractivity contribution in [3.05, 3.63) is 35.9 Å². The molecular weight excluding hydrogens is 222 g/mol. The lowest BCUT2D eigenvalue weighted by Gasteiger charge is -2.04. The molecular formula is C12H15NO4. The summed E-state index contributed by atoms with van der Waals surface area (Å²) >= 11 is 0. The Morgan fingerprint density at radius 3 is 2.18 bits per heavy atom. The van der Waals surface area contributed by atoms with Gasteiger partial charge in [0, 0.05) is 0 Å². The number of benzene rings is 1. The van der Waals surface area contributed by atoms with Crippen LogP contribution in [0.25, 0.3) is 0 Å². The Morgan fingerprint density at radius 2 is 1.59 bits per heavy atom. The van der Waals surface area contributed by atoms with Crippen molar-refractivity contribution in [3.63, 3.8) is 0 Å². The second-order valence-electron chi connectivity index (χ2n) is 3.33. The van der Waals surface area contributed by atoms with Gasteiger partial charge in [-0.15, -0.1) is 0 Å². The summed E-state index contributed by atoms with van der Waals surface area (Å²) in [6.45, 7) is 0.0451. The van der Waals surface area contributed by atoms with Crippen LogP contribution in [0.3, 0.4) is 0 Å². The normalized spacial score (nSPS) is 9.71. The highest BCUT2D eigenvalue weighted by molar-refractivity contribution is 5.77. The fourth-order valence-electron chi connectivity index (χ4n) is 1.18. The maximum Gasteiger partial charge on any atom is 0.307 e. The molecule has 0 aliphatic carbocycles. The van der Waals surface area contributed by atoms with E-state index in [0.29, 0.717) is 0 Å². The monoisotopic (exact) mass is 237 g/mol. The van der Waals surface area contributed by atoms with Crippen LogP contribution in [-0.2, 0) is 25.7 Å². The molecule has 0 bridgehead atoms. The van der Waals surface area contributed by atoms with Crippen LogP contribution in [0.1, 0.15) is 18.4 Å². The molecule has 0 radical (unpaired) electrons. The fraction of sp³-hybridized carbons (Fsp3) is 0.333. The predicted molar refractivity (Wildman–Crippen MR) is 60.6 cm³/mol. The largest absolute Gasteiger partial charge is 0.461 e. The van der Waals surface area contributed by atoms with E-state index in [2.05, 4.69) is 4.74 Å². The Labute approximate surface area is 99.5 Å². The van der Waals surface area contributed by atoms with Crippen LogP contribution in [0, 0.1) is 0 Å². The summed E-state index contributed by atoms with van der Waals surface area (Å²) in [5.41, 5.74) is 5.92. The van der Waals surface area contributed by atoms with Crippen LogP contribution in [0.2, 0.25) is 0 Å². The molecule has 0 spiro atoms. The number of carbonyl (C=O) groups excluding carboxylic acids is 2. The Morgan fingerprint density at radius 1 is 1.00 bits per heavy atom. The molecule has 1 aromatic carbocycles. The summed E-state index contributed by atoms with van der Waals surface area (Å²) in [6, 6.07) is 9.32. The molecule has 2 N–H and O–H groups in total. The van der Waals surface area contributed by atoms with E-state index < -0.39 is 11.9 Å². The van der Waals surface area contributed by atoms with Gasteiger partial charge in [-0.2, -0.15) is 0 Å². The van der Waals surface area contributed by atoms with E-state index in [-0.39, 0.29) is 26.2 Å². The summed E-state index contributed by atoms with van der Waals surface area (Å²) < 4.78 is 9.46. The van der Waals surface area contributed by atoms with Gasteiger partial charge in [0.05, 0.1) is 12.8 Å². The number of carbonyl (C=O) groups is 2. The Kier molecular flexibility index (Phi) is 5.74. The average Bonchev–Trinajstić information content (AvgIpc) is 2.35. The topological polar surface area (TPSA) is 78.6 Å². The molecule has 5 nitrogen and oxygen atoms in total. The van der Waals surface area contributed by atoms with Gasteiger partial charge < -0.3 is 9.47 Å². The molecule has 0 unspecified atom stereocenters. The van der Waals surface area contributed by atoms with E-state index in [1.807, 2.05) is 30.3 Å². The molecule has 0 amide bonds. The van der Waals surface area contributed by atoms with Gasteiger partial charge in [0.15, 0.2) is 0 Å². The minimum atomic E-state index is -0.496. The first kappa shape index (κ1) is 13.2. The van der Waals surface area contributed by atoms with Gasteiger partial charge in [-0.05, 0) is 5.56 Å². The number of hydrogen-bond donors (Lipinski definition) is 1. The first-order valence-electron chi connectivity index (χ1n) is 5.27. The zero-order valence-electron chi connectivity index (χ0n) is 9.43. The lowest BCUT2D eigenvalue weighted by molar-refractivity contribution is -0.151. The van der Waals surface area contributed by atoms with Gasteiger partial charge in [0.1, 0.15) is 13.3 Å². The molecule has 1 rings (SSSR count). The molecule has 0 aromatic heterocycles. The molecule has 0 saturated heterocycles. The number of nitrogens with two attached hydrogens (primary N) is 1. The maximum atomic E-state index is 11.3. The SMILES string of the molecule is NCOC(=O)CCC(=O)OCc1ccccc1. The first-order chi connectivity index (χ1) is 8.22. The summed E-state index contributed by atoms with van der Waals surface area (Å²) in [7, 11) is 0. The fourth-order valence-corrected chi connectivity index (χ4v) is 1.18. The summed E-state index contributed by atoms with van der Waals surface area (Å²) in [6.07, 6.45) is -0.00348. The molecule has 5 heteroatoms. The van der Waals surface area contributed by atoms with Crippen molar-refractivity contribution in [2.24, 2.45) is 5.73 Å². The standard InChI is InChI=1S/C12H15NO4/c13-9-17-12(15)7-6-11(14)16-8-10-4-2-1-3-5-10/h1-5H,6-9,13H2. The van der Waals surface area contributed by atoms with Crippen LogP contribution in [0.15, 0.2) is 30.3 Å². The highest BCUT2D eigenvalue weighted by atomic mass is 16.5. The van der Waals surface area contributed by atoms with E-state index in [9.17, 15) is 9.59 Å². The maximum absolute atomic E-state index is 11.3. The zero-order chi connectivity index (χ0) is 12.5. The molecule has 1 aromatic rings. The van der Waals surface area contributed by atoms with Crippen molar-refractivity contribution in [2.45, 2.75) is 19.4 Å². The molecule has 0 saturated carbocycles. The van der Waals surface area contributed by atoms with Gasteiger partial charge >= 0.3 is 11.9 Å². The summed E-state index contributed by atoms with van der Waals surface area (Å²) in [4.78, 5) is 22.2. The summed E-state index contributed by atoms with van der Waals surface area (Å²) in [5.74, 6) is -0.924. The van der Waals surface area contributed by atoms with Crippen LogP contribution in [0.4, 0.5) is 0 Å². The average molecular weight is 237 g/mol. The zero-order valence-corrected chi connectivity index (χ0v) is 9.43. The lowest BCUT2D eigenvalue weighted by atomic mass is 10.2. The number of hydrogen-bond acceptors (Lipinski definition) is 5. The van der Waals surface area contributed by atoms with Gasteiger partial charge in [-0.25, -0.2) is 0 Å². The number of ether oxygens (including phenoxy) is 2. The van der Waals surface area contributed by atoms with E-state index >= 15 is 0 Å².